The minimum absolute atomic E-state index is 0.387. The number of hydrogen-bond donors (Lipinski definition) is 1. The highest BCUT2D eigenvalue weighted by molar-refractivity contribution is 5.36. The number of rotatable bonds is 9. The first-order valence-corrected chi connectivity index (χ1v) is 8.18. The van der Waals surface area contributed by atoms with E-state index < -0.39 is 0 Å². The lowest BCUT2D eigenvalue weighted by Crippen LogP contribution is -2.25. The van der Waals surface area contributed by atoms with Crippen molar-refractivity contribution in [3.05, 3.63) is 29.3 Å². The summed E-state index contributed by atoms with van der Waals surface area (Å²) in [5.74, 6) is 1.71. The summed E-state index contributed by atoms with van der Waals surface area (Å²) in [5, 5.41) is 3.55. The third kappa shape index (κ3) is 6.99. The molecule has 0 heterocycles. The van der Waals surface area contributed by atoms with Crippen LogP contribution in [0.25, 0.3) is 0 Å². The van der Waals surface area contributed by atoms with Gasteiger partial charge in [0, 0.05) is 0 Å². The van der Waals surface area contributed by atoms with Crippen LogP contribution in [0.15, 0.2) is 18.2 Å². The Bertz CT molecular complexity index is 424. The highest BCUT2D eigenvalue weighted by Crippen LogP contribution is 2.28. The van der Waals surface area contributed by atoms with Gasteiger partial charge in [-0.15, -0.1) is 0 Å². The molecule has 0 aliphatic heterocycles. The van der Waals surface area contributed by atoms with Crippen LogP contribution < -0.4 is 10.1 Å². The van der Waals surface area contributed by atoms with Crippen molar-refractivity contribution in [2.75, 3.05) is 20.2 Å². The maximum atomic E-state index is 5.32. The Morgan fingerprint density at radius 1 is 1.19 bits per heavy atom. The number of aryl methyl sites for hydroxylation is 2. The van der Waals surface area contributed by atoms with Gasteiger partial charge in [0.2, 0.25) is 0 Å². The van der Waals surface area contributed by atoms with Gasteiger partial charge in [-0.3, -0.25) is 0 Å². The van der Waals surface area contributed by atoms with E-state index in [9.17, 15) is 0 Å². The Kier molecular flexibility index (Phi) is 7.24. The second-order valence-corrected chi connectivity index (χ2v) is 7.32. The van der Waals surface area contributed by atoms with Crippen molar-refractivity contribution in [3.63, 3.8) is 0 Å². The summed E-state index contributed by atoms with van der Waals surface area (Å²) < 4.78 is 5.32. The van der Waals surface area contributed by atoms with E-state index in [1.807, 2.05) is 0 Å². The molecule has 120 valence electrons. The molecule has 2 nitrogen and oxygen atoms in total. The van der Waals surface area contributed by atoms with Gasteiger partial charge in [-0.1, -0.05) is 39.8 Å². The van der Waals surface area contributed by atoms with Crippen LogP contribution in [-0.2, 0) is 6.42 Å². The van der Waals surface area contributed by atoms with Crippen molar-refractivity contribution in [1.29, 1.82) is 0 Å². The molecule has 0 bridgehead atoms. The van der Waals surface area contributed by atoms with Crippen molar-refractivity contribution < 1.29 is 4.74 Å². The third-order valence-corrected chi connectivity index (χ3v) is 4.08. The standard InChI is InChI=1S/C19H33NO/c1-15(2)14-20-12-11-19(4,5)10-9-17-7-8-18(21-6)16(3)13-17/h7-8,13,15,20H,9-12,14H2,1-6H3. The number of ether oxygens (including phenoxy) is 1. The molecule has 1 aromatic carbocycles. The van der Waals surface area contributed by atoms with E-state index in [0.29, 0.717) is 5.41 Å². The van der Waals surface area contributed by atoms with Gasteiger partial charge in [-0.25, -0.2) is 0 Å². The highest BCUT2D eigenvalue weighted by atomic mass is 16.5. The normalized spacial score (nSPS) is 12.0. The summed E-state index contributed by atoms with van der Waals surface area (Å²) >= 11 is 0. The first-order valence-electron chi connectivity index (χ1n) is 8.18. The summed E-state index contributed by atoms with van der Waals surface area (Å²) in [6, 6.07) is 6.53. The average molecular weight is 291 g/mol. The molecule has 0 spiro atoms. The molecular weight excluding hydrogens is 258 g/mol. The first kappa shape index (κ1) is 18.0. The fourth-order valence-electron chi connectivity index (χ4n) is 2.52. The van der Waals surface area contributed by atoms with Crippen LogP contribution in [0.1, 0.15) is 51.7 Å². The van der Waals surface area contributed by atoms with E-state index in [4.69, 9.17) is 4.74 Å². The van der Waals surface area contributed by atoms with Crippen LogP contribution in [0, 0.1) is 18.3 Å². The Morgan fingerprint density at radius 3 is 2.48 bits per heavy atom. The fraction of sp³-hybridized carbons (Fsp3) is 0.684. The molecular formula is C19H33NO. The lowest BCUT2D eigenvalue weighted by molar-refractivity contribution is 0.300. The number of methoxy groups -OCH3 is 1. The van der Waals surface area contributed by atoms with Gasteiger partial charge >= 0.3 is 0 Å². The summed E-state index contributed by atoms with van der Waals surface area (Å²) in [6.45, 7) is 13.6. The predicted octanol–water partition coefficient (Wildman–Crippen LogP) is 4.60. The maximum Gasteiger partial charge on any atom is 0.121 e. The predicted molar refractivity (Wildman–Crippen MR) is 92.2 cm³/mol. The van der Waals surface area contributed by atoms with E-state index in [2.05, 4.69) is 58.1 Å². The molecule has 0 amide bonds. The van der Waals surface area contributed by atoms with Crippen LogP contribution >= 0.6 is 0 Å². The second kappa shape index (κ2) is 8.43. The van der Waals surface area contributed by atoms with Crippen molar-refractivity contribution in [2.24, 2.45) is 11.3 Å². The molecule has 0 fully saturated rings. The topological polar surface area (TPSA) is 21.3 Å². The van der Waals surface area contributed by atoms with Crippen LogP contribution in [-0.4, -0.2) is 20.2 Å². The van der Waals surface area contributed by atoms with Crippen molar-refractivity contribution in [1.82, 2.24) is 5.32 Å². The maximum absolute atomic E-state index is 5.32. The molecule has 0 aliphatic rings. The molecule has 0 saturated carbocycles. The number of benzene rings is 1. The summed E-state index contributed by atoms with van der Waals surface area (Å²) in [5.41, 5.74) is 3.03. The molecule has 0 aromatic heterocycles. The summed E-state index contributed by atoms with van der Waals surface area (Å²) in [6.07, 6.45) is 3.60. The second-order valence-electron chi connectivity index (χ2n) is 7.32. The van der Waals surface area contributed by atoms with Gasteiger partial charge < -0.3 is 10.1 Å². The van der Waals surface area contributed by atoms with Gasteiger partial charge in [0.05, 0.1) is 7.11 Å². The average Bonchev–Trinajstić information content (AvgIpc) is 2.41. The number of hydrogen-bond acceptors (Lipinski definition) is 2. The fourth-order valence-corrected chi connectivity index (χ4v) is 2.52. The van der Waals surface area contributed by atoms with E-state index in [0.717, 1.165) is 31.2 Å². The van der Waals surface area contributed by atoms with Crippen LogP contribution in [0.5, 0.6) is 5.75 Å². The van der Waals surface area contributed by atoms with E-state index >= 15 is 0 Å². The third-order valence-electron chi connectivity index (χ3n) is 4.08. The van der Waals surface area contributed by atoms with Gasteiger partial charge in [0.25, 0.3) is 0 Å². The van der Waals surface area contributed by atoms with Crippen LogP contribution in [0.3, 0.4) is 0 Å². The molecule has 0 saturated heterocycles. The smallest absolute Gasteiger partial charge is 0.121 e. The van der Waals surface area contributed by atoms with Crippen molar-refractivity contribution in [2.45, 2.75) is 53.9 Å². The largest absolute Gasteiger partial charge is 0.496 e. The highest BCUT2D eigenvalue weighted by Gasteiger charge is 2.17. The lowest BCUT2D eigenvalue weighted by atomic mass is 9.83. The van der Waals surface area contributed by atoms with Gasteiger partial charge in [0.15, 0.2) is 0 Å². The van der Waals surface area contributed by atoms with E-state index in [1.165, 1.54) is 24.0 Å². The van der Waals surface area contributed by atoms with Gasteiger partial charge in [-0.05, 0) is 67.8 Å². The van der Waals surface area contributed by atoms with Gasteiger partial charge in [-0.2, -0.15) is 0 Å². The Labute approximate surface area is 131 Å². The van der Waals surface area contributed by atoms with Crippen molar-refractivity contribution >= 4 is 0 Å². The van der Waals surface area contributed by atoms with E-state index in [1.54, 1.807) is 7.11 Å². The monoisotopic (exact) mass is 291 g/mol. The Morgan fingerprint density at radius 2 is 1.90 bits per heavy atom. The minimum Gasteiger partial charge on any atom is -0.496 e. The first-order chi connectivity index (χ1) is 9.84. The number of nitrogens with one attached hydrogen (secondary N) is 1. The molecule has 1 N–H and O–H groups in total. The molecule has 0 unspecified atom stereocenters. The zero-order valence-corrected chi connectivity index (χ0v) is 14.8. The van der Waals surface area contributed by atoms with E-state index in [-0.39, 0.29) is 0 Å². The molecule has 0 radical (unpaired) electrons. The molecule has 1 rings (SSSR count). The molecule has 0 aliphatic carbocycles. The summed E-state index contributed by atoms with van der Waals surface area (Å²) in [7, 11) is 1.73. The van der Waals surface area contributed by atoms with Gasteiger partial charge in [0.1, 0.15) is 5.75 Å². The molecule has 21 heavy (non-hydrogen) atoms. The zero-order chi connectivity index (χ0) is 15.9. The Balaban J connectivity index is 2.40. The minimum atomic E-state index is 0.387. The van der Waals surface area contributed by atoms with Crippen LogP contribution in [0.2, 0.25) is 0 Å². The van der Waals surface area contributed by atoms with Crippen LogP contribution in [0.4, 0.5) is 0 Å². The molecule has 0 atom stereocenters. The Hall–Kier alpha value is -1.02. The zero-order valence-electron chi connectivity index (χ0n) is 14.8. The lowest BCUT2D eigenvalue weighted by Gasteiger charge is -2.25. The summed E-state index contributed by atoms with van der Waals surface area (Å²) in [4.78, 5) is 0. The SMILES string of the molecule is COc1ccc(CCC(C)(C)CCNCC(C)C)cc1C. The van der Waals surface area contributed by atoms with Crippen molar-refractivity contribution in [3.8, 4) is 5.75 Å². The quantitative estimate of drug-likeness (QED) is 0.671. The molecule has 1 aromatic rings. The molecule has 2 heteroatoms.